The van der Waals surface area contributed by atoms with Gasteiger partial charge in [-0.3, -0.25) is 9.48 Å². The lowest BCUT2D eigenvalue weighted by Crippen LogP contribution is -2.16. The third-order valence-electron chi connectivity index (χ3n) is 2.32. The molecule has 1 amide bonds. The molecule has 3 N–H and O–H groups in total. The van der Waals surface area contributed by atoms with Gasteiger partial charge in [0.1, 0.15) is 0 Å². The Morgan fingerprint density at radius 3 is 2.76 bits per heavy atom. The molecule has 1 aromatic heterocycles. The van der Waals surface area contributed by atoms with Crippen LogP contribution in [-0.4, -0.2) is 15.7 Å². The van der Waals surface area contributed by atoms with Gasteiger partial charge < -0.3 is 11.1 Å². The van der Waals surface area contributed by atoms with Crippen molar-refractivity contribution in [2.75, 3.05) is 11.1 Å². The van der Waals surface area contributed by atoms with E-state index in [4.69, 9.17) is 17.3 Å². The first-order valence-corrected chi connectivity index (χ1v) is 5.30. The minimum atomic E-state index is -0.314. The Morgan fingerprint density at radius 2 is 2.18 bits per heavy atom. The number of nitrogens with one attached hydrogen (secondary N) is 1. The van der Waals surface area contributed by atoms with Gasteiger partial charge in [-0.25, -0.2) is 0 Å². The van der Waals surface area contributed by atoms with Crippen LogP contribution in [0.3, 0.4) is 0 Å². The van der Waals surface area contributed by atoms with Gasteiger partial charge in [0.15, 0.2) is 5.82 Å². The third kappa shape index (κ3) is 2.24. The maximum absolute atomic E-state index is 11.9. The normalized spacial score (nSPS) is 10.2. The van der Waals surface area contributed by atoms with Crippen LogP contribution in [0.1, 0.15) is 10.4 Å². The molecule has 0 spiro atoms. The molecule has 1 aromatic carbocycles. The summed E-state index contributed by atoms with van der Waals surface area (Å²) in [6.07, 6.45) is 1.47. The highest BCUT2D eigenvalue weighted by Crippen LogP contribution is 2.20. The Labute approximate surface area is 103 Å². The van der Waals surface area contributed by atoms with E-state index >= 15 is 0 Å². The summed E-state index contributed by atoms with van der Waals surface area (Å²) in [5.74, 6) is 0.140. The molecular formula is C11H11ClN4O. The lowest BCUT2D eigenvalue weighted by Gasteiger charge is -2.07. The summed E-state index contributed by atoms with van der Waals surface area (Å²) < 4.78 is 1.49. The van der Waals surface area contributed by atoms with Gasteiger partial charge in [0, 0.05) is 7.05 Å². The fourth-order valence-electron chi connectivity index (χ4n) is 1.43. The Kier molecular flexibility index (Phi) is 3.01. The molecule has 0 atom stereocenters. The number of halogens is 1. The van der Waals surface area contributed by atoms with Gasteiger partial charge in [-0.2, -0.15) is 5.10 Å². The number of nitrogens with two attached hydrogens (primary N) is 1. The Bertz CT molecular complexity index is 545. The molecule has 0 bridgehead atoms. The molecule has 2 aromatic rings. The van der Waals surface area contributed by atoms with E-state index < -0.39 is 0 Å². The molecule has 0 radical (unpaired) electrons. The number of nitrogens with zero attached hydrogens (tertiary/aromatic N) is 2. The van der Waals surface area contributed by atoms with E-state index in [0.29, 0.717) is 22.1 Å². The highest BCUT2D eigenvalue weighted by molar-refractivity contribution is 6.34. The van der Waals surface area contributed by atoms with Crippen LogP contribution in [0.4, 0.5) is 11.5 Å². The molecule has 6 heteroatoms. The number of rotatable bonds is 2. The molecule has 1 heterocycles. The molecule has 0 aliphatic rings. The summed E-state index contributed by atoms with van der Waals surface area (Å²) in [6, 6.07) is 6.80. The smallest absolute Gasteiger partial charge is 0.258 e. The maximum atomic E-state index is 11.9. The second-order valence-corrected chi connectivity index (χ2v) is 3.91. The second kappa shape index (κ2) is 4.47. The Morgan fingerprint density at radius 1 is 1.47 bits per heavy atom. The number of carbonyl (C=O) groups is 1. The van der Waals surface area contributed by atoms with Gasteiger partial charge in [0.2, 0.25) is 0 Å². The lowest BCUT2D eigenvalue weighted by atomic mass is 10.2. The van der Waals surface area contributed by atoms with Crippen LogP contribution < -0.4 is 11.1 Å². The van der Waals surface area contributed by atoms with Crippen molar-refractivity contribution < 1.29 is 4.79 Å². The van der Waals surface area contributed by atoms with Crippen molar-refractivity contribution >= 4 is 29.0 Å². The summed E-state index contributed by atoms with van der Waals surface area (Å²) in [5, 5.41) is 6.99. The number of aryl methyl sites for hydroxylation is 1. The van der Waals surface area contributed by atoms with Gasteiger partial charge in [-0.15, -0.1) is 0 Å². The molecule has 0 saturated carbocycles. The van der Waals surface area contributed by atoms with E-state index in [1.807, 2.05) is 0 Å². The van der Waals surface area contributed by atoms with E-state index in [1.165, 1.54) is 10.9 Å². The van der Waals surface area contributed by atoms with Crippen molar-refractivity contribution in [1.82, 2.24) is 9.78 Å². The van der Waals surface area contributed by atoms with Gasteiger partial charge in [0.25, 0.3) is 5.91 Å². The van der Waals surface area contributed by atoms with Crippen molar-refractivity contribution in [3.63, 3.8) is 0 Å². The van der Waals surface area contributed by atoms with Crippen molar-refractivity contribution in [3.8, 4) is 0 Å². The number of benzene rings is 1. The Hall–Kier alpha value is -2.01. The first-order chi connectivity index (χ1) is 8.09. The number of nitrogen functional groups attached to an aromatic ring is 1. The molecule has 0 aliphatic carbocycles. The lowest BCUT2D eigenvalue weighted by molar-refractivity contribution is 0.102. The SMILES string of the molecule is Cn1ncc(N)c1NC(=O)c1ccccc1Cl. The van der Waals surface area contributed by atoms with Crippen LogP contribution in [-0.2, 0) is 7.05 Å². The minimum Gasteiger partial charge on any atom is -0.394 e. The monoisotopic (exact) mass is 250 g/mol. The average molecular weight is 251 g/mol. The van der Waals surface area contributed by atoms with Crippen LogP contribution in [0, 0.1) is 0 Å². The highest BCUT2D eigenvalue weighted by atomic mass is 35.5. The predicted octanol–water partition coefficient (Wildman–Crippen LogP) is 1.91. The van der Waals surface area contributed by atoms with E-state index in [9.17, 15) is 4.79 Å². The molecule has 2 rings (SSSR count). The largest absolute Gasteiger partial charge is 0.394 e. The van der Waals surface area contributed by atoms with Crippen LogP contribution in [0.2, 0.25) is 5.02 Å². The molecule has 0 aliphatic heterocycles. The fourth-order valence-corrected chi connectivity index (χ4v) is 1.65. The summed E-state index contributed by atoms with van der Waals surface area (Å²) in [6.45, 7) is 0. The third-order valence-corrected chi connectivity index (χ3v) is 2.65. The van der Waals surface area contributed by atoms with Crippen molar-refractivity contribution in [2.45, 2.75) is 0 Å². The topological polar surface area (TPSA) is 72.9 Å². The summed E-state index contributed by atoms with van der Waals surface area (Å²) in [5.41, 5.74) is 6.48. The second-order valence-electron chi connectivity index (χ2n) is 3.51. The van der Waals surface area contributed by atoms with Crippen LogP contribution in [0.25, 0.3) is 0 Å². The number of hydrogen-bond donors (Lipinski definition) is 2. The predicted molar refractivity (Wildman–Crippen MR) is 67.0 cm³/mol. The molecule has 5 nitrogen and oxygen atoms in total. The van der Waals surface area contributed by atoms with Gasteiger partial charge >= 0.3 is 0 Å². The molecule has 0 fully saturated rings. The standard InChI is InChI=1S/C11H11ClN4O/c1-16-10(9(13)6-14-16)15-11(17)7-4-2-3-5-8(7)12/h2-6H,13H2,1H3,(H,15,17). The molecule has 0 unspecified atom stereocenters. The van der Waals surface area contributed by atoms with Crippen LogP contribution >= 0.6 is 11.6 Å². The van der Waals surface area contributed by atoms with E-state index in [1.54, 1.807) is 31.3 Å². The van der Waals surface area contributed by atoms with Crippen molar-refractivity contribution in [2.24, 2.45) is 7.05 Å². The minimum absolute atomic E-state index is 0.314. The van der Waals surface area contributed by atoms with E-state index in [0.717, 1.165) is 0 Å². The molecule has 0 saturated heterocycles. The zero-order valence-electron chi connectivity index (χ0n) is 9.14. The van der Waals surface area contributed by atoms with E-state index in [-0.39, 0.29) is 5.91 Å². The van der Waals surface area contributed by atoms with Gasteiger partial charge in [-0.1, -0.05) is 23.7 Å². The Balaban J connectivity index is 2.27. The fraction of sp³-hybridized carbons (Fsp3) is 0.0909. The number of amides is 1. The molecular weight excluding hydrogens is 240 g/mol. The highest BCUT2D eigenvalue weighted by Gasteiger charge is 2.13. The van der Waals surface area contributed by atoms with Gasteiger partial charge in [-0.05, 0) is 12.1 Å². The summed E-state index contributed by atoms with van der Waals surface area (Å²) in [7, 11) is 1.69. The number of carbonyl (C=O) groups excluding carboxylic acids is 1. The van der Waals surface area contributed by atoms with Gasteiger partial charge in [0.05, 0.1) is 22.5 Å². The molecule has 88 valence electrons. The average Bonchev–Trinajstić information content (AvgIpc) is 2.61. The van der Waals surface area contributed by atoms with Crippen molar-refractivity contribution in [3.05, 3.63) is 41.0 Å². The number of aromatic nitrogens is 2. The number of anilines is 2. The first-order valence-electron chi connectivity index (χ1n) is 4.93. The van der Waals surface area contributed by atoms with Crippen LogP contribution in [0.5, 0.6) is 0 Å². The number of hydrogen-bond acceptors (Lipinski definition) is 3. The summed E-state index contributed by atoms with van der Waals surface area (Å²) >= 11 is 5.92. The quantitative estimate of drug-likeness (QED) is 0.855. The van der Waals surface area contributed by atoms with Crippen molar-refractivity contribution in [1.29, 1.82) is 0 Å². The summed E-state index contributed by atoms with van der Waals surface area (Å²) in [4.78, 5) is 11.9. The van der Waals surface area contributed by atoms with E-state index in [2.05, 4.69) is 10.4 Å². The zero-order chi connectivity index (χ0) is 12.4. The van der Waals surface area contributed by atoms with Crippen LogP contribution in [0.15, 0.2) is 30.5 Å². The molecule has 17 heavy (non-hydrogen) atoms. The maximum Gasteiger partial charge on any atom is 0.258 e. The zero-order valence-corrected chi connectivity index (χ0v) is 9.90. The first kappa shape index (κ1) is 11.5.